The smallest absolute Gasteiger partial charge is 0.375 e. The quantitative estimate of drug-likeness (QED) is 0.333. The van der Waals surface area contributed by atoms with Gasteiger partial charge >= 0.3 is 11.9 Å². The first kappa shape index (κ1) is 19.9. The maximum Gasteiger partial charge on any atom is 0.375 e. The number of β-lactam (4-membered cyclic amide) rings is 1. The minimum Gasteiger partial charge on any atom is -0.416 e. The first-order chi connectivity index (χ1) is 13.7. The van der Waals surface area contributed by atoms with Crippen LogP contribution < -0.4 is 10.2 Å². The van der Waals surface area contributed by atoms with Gasteiger partial charge in [-0.15, -0.1) is 4.59 Å². The Morgan fingerprint density at radius 1 is 1.45 bits per heavy atom. The fraction of sp³-hybridized carbons (Fsp3) is 0.368. The first-order valence-corrected chi connectivity index (χ1v) is 10.2. The molecule has 0 saturated carbocycles. The van der Waals surface area contributed by atoms with Gasteiger partial charge in [0.1, 0.15) is 6.42 Å². The molecule has 0 bridgehead atoms. The molecule has 2 fully saturated rings. The second-order valence-corrected chi connectivity index (χ2v) is 9.76. The van der Waals surface area contributed by atoms with Crippen LogP contribution in [0.4, 0.5) is 0 Å². The second kappa shape index (κ2) is 6.86. The lowest BCUT2D eigenvalue weighted by Gasteiger charge is -2.44. The predicted molar refractivity (Wildman–Crippen MR) is 106 cm³/mol. The van der Waals surface area contributed by atoms with Crippen molar-refractivity contribution in [2.24, 2.45) is 0 Å². The van der Waals surface area contributed by atoms with E-state index in [0.29, 0.717) is 28.5 Å². The summed E-state index contributed by atoms with van der Waals surface area (Å²) < 4.78 is 9.89. The normalized spacial score (nSPS) is 27.1. The number of carbonyl (C=O) groups excluding carboxylic acids is 3. The van der Waals surface area contributed by atoms with E-state index < -0.39 is 21.4 Å². The summed E-state index contributed by atoms with van der Waals surface area (Å²) in [5.74, 6) is -0.426. The third-order valence-corrected chi connectivity index (χ3v) is 7.28. The van der Waals surface area contributed by atoms with Crippen LogP contribution in [0.3, 0.4) is 0 Å². The van der Waals surface area contributed by atoms with Crippen LogP contribution in [0, 0.1) is 6.92 Å². The molecule has 2 saturated heterocycles. The molecule has 2 aliphatic rings. The number of thioether (sulfide) groups is 1. The number of fused-ring (bicyclic) bond motifs is 1. The number of nitrogens with zero attached hydrogens (tertiary/aromatic N) is 2. The van der Waals surface area contributed by atoms with Gasteiger partial charge in [0, 0.05) is 12.5 Å². The van der Waals surface area contributed by atoms with Crippen molar-refractivity contribution in [2.75, 3.05) is 0 Å². The maximum absolute atomic E-state index is 13.3. The fourth-order valence-electron chi connectivity index (χ4n) is 4.07. The lowest BCUT2D eigenvalue weighted by Crippen LogP contribution is -2.78. The zero-order valence-electron chi connectivity index (χ0n) is 16.0. The first-order valence-electron chi connectivity index (χ1n) is 8.96. The molecule has 152 valence electrons. The standard InChI is InChI=1S/C19H18ClN3O5S/c1-10-16(15(22-28-10)11-6-4-5-7-12(11)20)27-18(26)17-19(2,3)29-14-8-13(25)23(14,17)21-9-24/h4-7,9,14,17H,8H2,1-3H3/p+1/t14-,17+,23?/m1/s1. The van der Waals surface area contributed by atoms with Gasteiger partial charge in [-0.3, -0.25) is 4.79 Å². The summed E-state index contributed by atoms with van der Waals surface area (Å²) in [5.41, 5.74) is 3.42. The van der Waals surface area contributed by atoms with Crippen LogP contribution in [0.1, 0.15) is 26.0 Å². The molecule has 1 unspecified atom stereocenters. The molecule has 0 aliphatic carbocycles. The van der Waals surface area contributed by atoms with Gasteiger partial charge in [-0.25, -0.2) is 9.59 Å². The van der Waals surface area contributed by atoms with Crippen LogP contribution >= 0.6 is 23.4 Å². The van der Waals surface area contributed by atoms with Gasteiger partial charge in [-0.2, -0.15) is 5.43 Å². The number of quaternary nitrogens is 1. The van der Waals surface area contributed by atoms with Crippen LogP contribution in [0.5, 0.6) is 5.75 Å². The van der Waals surface area contributed by atoms with Gasteiger partial charge in [-0.1, -0.05) is 46.7 Å². The lowest BCUT2D eigenvalue weighted by atomic mass is 9.96. The predicted octanol–water partition coefficient (Wildman–Crippen LogP) is 2.84. The van der Waals surface area contributed by atoms with E-state index in [0.717, 1.165) is 0 Å². The third-order valence-electron chi connectivity index (χ3n) is 5.35. The molecular weight excluding hydrogens is 418 g/mol. The number of esters is 1. The maximum atomic E-state index is 13.3. The SMILES string of the molecule is Cc1onc(-c2ccccc2Cl)c1OC(=O)[C@H]1C(C)(C)S[C@@H]2CC(=O)[N+]21NC=O. The van der Waals surface area contributed by atoms with E-state index >= 15 is 0 Å². The zero-order chi connectivity index (χ0) is 21.0. The molecule has 4 rings (SSSR count). The summed E-state index contributed by atoms with van der Waals surface area (Å²) in [7, 11) is 0. The molecular formula is C19H19ClN3O5S+. The number of rotatable bonds is 5. The minimum atomic E-state index is -0.919. The number of benzene rings is 1. The Hall–Kier alpha value is -2.36. The van der Waals surface area contributed by atoms with Crippen molar-refractivity contribution < 1.29 is 28.2 Å². The number of aromatic nitrogens is 1. The van der Waals surface area contributed by atoms with Crippen molar-refractivity contribution in [1.82, 2.24) is 10.6 Å². The highest BCUT2D eigenvalue weighted by atomic mass is 35.5. The summed E-state index contributed by atoms with van der Waals surface area (Å²) in [4.78, 5) is 37.1. The molecule has 1 N–H and O–H groups in total. The Morgan fingerprint density at radius 2 is 2.17 bits per heavy atom. The monoisotopic (exact) mass is 436 g/mol. The molecule has 0 radical (unpaired) electrons. The molecule has 10 heteroatoms. The van der Waals surface area contributed by atoms with Crippen molar-refractivity contribution >= 4 is 41.6 Å². The van der Waals surface area contributed by atoms with E-state index in [9.17, 15) is 14.4 Å². The summed E-state index contributed by atoms with van der Waals surface area (Å²) in [6.45, 7) is 5.34. The summed E-state index contributed by atoms with van der Waals surface area (Å²) in [6.07, 6.45) is 0.738. The van der Waals surface area contributed by atoms with Gasteiger partial charge in [0.15, 0.2) is 16.8 Å². The average molecular weight is 437 g/mol. The number of hydrogen-bond acceptors (Lipinski definition) is 7. The van der Waals surface area contributed by atoms with Crippen LogP contribution in [-0.2, 0) is 14.4 Å². The van der Waals surface area contributed by atoms with Gasteiger partial charge in [0.05, 0.1) is 9.77 Å². The highest BCUT2D eigenvalue weighted by Crippen LogP contribution is 2.55. The summed E-state index contributed by atoms with van der Waals surface area (Å²) in [5, 5.41) is 4.19. The number of amides is 2. The minimum absolute atomic E-state index is 0.143. The number of halogens is 1. The fourth-order valence-corrected chi connectivity index (χ4v) is 6.08. The summed E-state index contributed by atoms with van der Waals surface area (Å²) >= 11 is 7.75. The Bertz CT molecular complexity index is 1020. The topological polar surface area (TPSA) is 98.5 Å². The second-order valence-electron chi connectivity index (χ2n) is 7.52. The number of nitrogens with one attached hydrogen (secondary N) is 1. The Labute approximate surface area is 176 Å². The molecule has 3 atom stereocenters. The van der Waals surface area contributed by atoms with Crippen molar-refractivity contribution in [3.63, 3.8) is 0 Å². The number of hydrogen-bond donors (Lipinski definition) is 1. The molecule has 8 nitrogen and oxygen atoms in total. The van der Waals surface area contributed by atoms with E-state index in [-0.39, 0.29) is 23.5 Å². The van der Waals surface area contributed by atoms with E-state index in [4.69, 9.17) is 20.9 Å². The van der Waals surface area contributed by atoms with E-state index in [1.165, 1.54) is 11.8 Å². The zero-order valence-corrected chi connectivity index (χ0v) is 17.5. The number of aryl methyl sites for hydroxylation is 1. The highest BCUT2D eigenvalue weighted by Gasteiger charge is 2.75. The molecule has 1 aromatic heterocycles. The molecule has 2 amide bonds. The molecule has 2 aromatic rings. The summed E-state index contributed by atoms with van der Waals surface area (Å²) in [6, 6.07) is 6.07. The number of carbonyl (C=O) groups is 3. The highest BCUT2D eigenvalue weighted by molar-refractivity contribution is 8.01. The van der Waals surface area contributed by atoms with Crippen molar-refractivity contribution in [3.8, 4) is 17.0 Å². The molecule has 3 heterocycles. The van der Waals surface area contributed by atoms with Gasteiger partial charge < -0.3 is 9.26 Å². The molecule has 0 spiro atoms. The van der Waals surface area contributed by atoms with Crippen LogP contribution in [0.15, 0.2) is 28.8 Å². The van der Waals surface area contributed by atoms with Crippen molar-refractivity contribution in [3.05, 3.63) is 35.0 Å². The molecule has 1 aromatic carbocycles. The van der Waals surface area contributed by atoms with E-state index in [1.54, 1.807) is 31.2 Å². The Morgan fingerprint density at radius 3 is 2.83 bits per heavy atom. The van der Waals surface area contributed by atoms with Crippen LogP contribution in [0.2, 0.25) is 5.02 Å². The van der Waals surface area contributed by atoms with Crippen molar-refractivity contribution in [2.45, 2.75) is 43.4 Å². The van der Waals surface area contributed by atoms with Crippen molar-refractivity contribution in [1.29, 1.82) is 0 Å². The van der Waals surface area contributed by atoms with E-state index in [1.807, 2.05) is 13.8 Å². The van der Waals surface area contributed by atoms with Gasteiger partial charge in [0.2, 0.25) is 11.8 Å². The van der Waals surface area contributed by atoms with Gasteiger partial charge in [-0.05, 0) is 19.9 Å². The number of ether oxygens (including phenoxy) is 1. The Balaban J connectivity index is 1.72. The molecule has 2 aliphatic heterocycles. The van der Waals surface area contributed by atoms with Gasteiger partial charge in [0.25, 0.3) is 6.41 Å². The Kier molecular flexibility index (Phi) is 4.71. The lowest BCUT2D eigenvalue weighted by molar-refractivity contribution is -0.933. The molecule has 29 heavy (non-hydrogen) atoms. The average Bonchev–Trinajstić information content (AvgIpc) is 3.09. The largest absolute Gasteiger partial charge is 0.416 e. The van der Waals surface area contributed by atoms with E-state index in [2.05, 4.69) is 10.6 Å². The third kappa shape index (κ3) is 2.87. The van der Waals surface area contributed by atoms with Crippen LogP contribution in [0.25, 0.3) is 11.3 Å². The van der Waals surface area contributed by atoms with Crippen LogP contribution in [-0.4, -0.2) is 44.2 Å².